The average molecular weight is 212 g/mol. The van der Waals surface area contributed by atoms with Crippen molar-refractivity contribution in [1.29, 1.82) is 0 Å². The number of nitrogens with zero attached hydrogens (tertiary/aromatic N) is 1. The standard InChI is InChI=1S/C12H24N2O/c1-3-5-10-14(4-2)11-8-6-7-9-13-12(11)15/h11H,3-10H2,1-2H3,(H,13,15). The van der Waals surface area contributed by atoms with Gasteiger partial charge in [0.15, 0.2) is 0 Å². The largest absolute Gasteiger partial charge is 0.355 e. The summed E-state index contributed by atoms with van der Waals surface area (Å²) in [4.78, 5) is 14.1. The molecule has 1 aliphatic heterocycles. The first-order chi connectivity index (χ1) is 7.29. The summed E-state index contributed by atoms with van der Waals surface area (Å²) in [7, 11) is 0. The van der Waals surface area contributed by atoms with Crippen LogP contribution in [-0.4, -0.2) is 36.5 Å². The van der Waals surface area contributed by atoms with Crippen molar-refractivity contribution in [3.05, 3.63) is 0 Å². The van der Waals surface area contributed by atoms with Crippen molar-refractivity contribution in [1.82, 2.24) is 10.2 Å². The first kappa shape index (κ1) is 12.5. The van der Waals surface area contributed by atoms with Gasteiger partial charge >= 0.3 is 0 Å². The van der Waals surface area contributed by atoms with Gasteiger partial charge in [-0.1, -0.05) is 20.3 Å². The molecule has 88 valence electrons. The van der Waals surface area contributed by atoms with Gasteiger partial charge in [0.2, 0.25) is 5.91 Å². The molecule has 1 atom stereocenters. The van der Waals surface area contributed by atoms with E-state index in [0.29, 0.717) is 0 Å². The van der Waals surface area contributed by atoms with Crippen molar-refractivity contribution in [2.24, 2.45) is 0 Å². The van der Waals surface area contributed by atoms with E-state index in [1.165, 1.54) is 19.3 Å². The van der Waals surface area contributed by atoms with Crippen molar-refractivity contribution in [2.75, 3.05) is 19.6 Å². The number of unbranched alkanes of at least 4 members (excludes halogenated alkanes) is 1. The summed E-state index contributed by atoms with van der Waals surface area (Å²) in [6.45, 7) is 7.25. The number of hydrogen-bond acceptors (Lipinski definition) is 2. The van der Waals surface area contributed by atoms with Gasteiger partial charge in [-0.05, 0) is 38.8 Å². The molecule has 1 heterocycles. The quantitative estimate of drug-likeness (QED) is 0.753. The Hall–Kier alpha value is -0.570. The van der Waals surface area contributed by atoms with Crippen LogP contribution < -0.4 is 5.32 Å². The third-order valence-corrected chi connectivity index (χ3v) is 3.15. The van der Waals surface area contributed by atoms with Crippen LogP contribution in [0.5, 0.6) is 0 Å². The molecule has 0 spiro atoms. The number of likely N-dealkylation sites (N-methyl/N-ethyl adjacent to an activating group) is 1. The van der Waals surface area contributed by atoms with Crippen molar-refractivity contribution in [3.63, 3.8) is 0 Å². The molecule has 1 fully saturated rings. The van der Waals surface area contributed by atoms with Crippen molar-refractivity contribution < 1.29 is 4.79 Å². The first-order valence-electron chi connectivity index (χ1n) is 6.31. The molecule has 0 aromatic rings. The minimum Gasteiger partial charge on any atom is -0.355 e. The summed E-state index contributed by atoms with van der Waals surface area (Å²) in [5, 5.41) is 3.01. The minimum atomic E-state index is 0.129. The Labute approximate surface area is 93.2 Å². The van der Waals surface area contributed by atoms with Crippen LogP contribution in [0.1, 0.15) is 46.0 Å². The molecule has 0 aliphatic carbocycles. The fraction of sp³-hybridized carbons (Fsp3) is 0.917. The van der Waals surface area contributed by atoms with E-state index in [1.54, 1.807) is 0 Å². The van der Waals surface area contributed by atoms with Gasteiger partial charge in [0.1, 0.15) is 0 Å². The highest BCUT2D eigenvalue weighted by atomic mass is 16.2. The molecule has 1 saturated heterocycles. The molecular weight excluding hydrogens is 188 g/mol. The molecule has 0 aromatic carbocycles. The molecular formula is C12H24N2O. The van der Waals surface area contributed by atoms with Crippen LogP contribution in [0.15, 0.2) is 0 Å². The zero-order valence-corrected chi connectivity index (χ0v) is 10.1. The van der Waals surface area contributed by atoms with E-state index in [1.807, 2.05) is 0 Å². The van der Waals surface area contributed by atoms with E-state index in [4.69, 9.17) is 0 Å². The van der Waals surface area contributed by atoms with Gasteiger partial charge < -0.3 is 5.32 Å². The van der Waals surface area contributed by atoms with E-state index < -0.39 is 0 Å². The molecule has 0 radical (unpaired) electrons. The number of carbonyl (C=O) groups is 1. The summed E-state index contributed by atoms with van der Waals surface area (Å²) < 4.78 is 0. The summed E-state index contributed by atoms with van der Waals surface area (Å²) in [6, 6.07) is 0.129. The van der Waals surface area contributed by atoms with Crippen LogP contribution in [0.3, 0.4) is 0 Å². The fourth-order valence-corrected chi connectivity index (χ4v) is 2.17. The van der Waals surface area contributed by atoms with Crippen molar-refractivity contribution in [2.45, 2.75) is 52.0 Å². The molecule has 1 rings (SSSR count). The summed E-state index contributed by atoms with van der Waals surface area (Å²) in [6.07, 6.45) is 5.73. The second-order valence-corrected chi connectivity index (χ2v) is 4.28. The molecule has 3 nitrogen and oxygen atoms in total. The number of rotatable bonds is 5. The molecule has 1 amide bonds. The van der Waals surface area contributed by atoms with E-state index in [2.05, 4.69) is 24.1 Å². The molecule has 15 heavy (non-hydrogen) atoms. The Bertz CT molecular complexity index is 194. The second-order valence-electron chi connectivity index (χ2n) is 4.28. The highest BCUT2D eigenvalue weighted by molar-refractivity contribution is 5.81. The average Bonchev–Trinajstić information content (AvgIpc) is 2.45. The van der Waals surface area contributed by atoms with Gasteiger partial charge in [-0.15, -0.1) is 0 Å². The lowest BCUT2D eigenvalue weighted by Gasteiger charge is -2.28. The van der Waals surface area contributed by atoms with Crippen LogP contribution in [0.25, 0.3) is 0 Å². The predicted molar refractivity (Wildman–Crippen MR) is 62.8 cm³/mol. The van der Waals surface area contributed by atoms with E-state index in [9.17, 15) is 4.79 Å². The van der Waals surface area contributed by atoms with Crippen LogP contribution in [0.2, 0.25) is 0 Å². The first-order valence-corrected chi connectivity index (χ1v) is 6.31. The maximum atomic E-state index is 11.8. The van der Waals surface area contributed by atoms with Gasteiger partial charge in [0.05, 0.1) is 6.04 Å². The van der Waals surface area contributed by atoms with Crippen LogP contribution in [-0.2, 0) is 4.79 Å². The monoisotopic (exact) mass is 212 g/mol. The Morgan fingerprint density at radius 1 is 1.40 bits per heavy atom. The number of nitrogens with one attached hydrogen (secondary N) is 1. The number of amides is 1. The van der Waals surface area contributed by atoms with E-state index >= 15 is 0 Å². The van der Waals surface area contributed by atoms with Crippen LogP contribution >= 0.6 is 0 Å². The normalized spacial score (nSPS) is 22.6. The smallest absolute Gasteiger partial charge is 0.237 e. The summed E-state index contributed by atoms with van der Waals surface area (Å²) >= 11 is 0. The van der Waals surface area contributed by atoms with E-state index in [-0.39, 0.29) is 11.9 Å². The molecule has 0 aromatic heterocycles. The highest BCUT2D eigenvalue weighted by Crippen LogP contribution is 2.13. The minimum absolute atomic E-state index is 0.129. The molecule has 1 unspecified atom stereocenters. The molecule has 1 N–H and O–H groups in total. The van der Waals surface area contributed by atoms with Crippen LogP contribution in [0.4, 0.5) is 0 Å². The predicted octanol–water partition coefficient (Wildman–Crippen LogP) is 1.78. The lowest BCUT2D eigenvalue weighted by atomic mass is 10.1. The number of carbonyl (C=O) groups excluding carboxylic acids is 1. The second kappa shape index (κ2) is 6.83. The Morgan fingerprint density at radius 3 is 2.87 bits per heavy atom. The van der Waals surface area contributed by atoms with Gasteiger partial charge in [0.25, 0.3) is 0 Å². The Balaban J connectivity index is 2.51. The van der Waals surface area contributed by atoms with Crippen LogP contribution in [0, 0.1) is 0 Å². The zero-order valence-electron chi connectivity index (χ0n) is 10.1. The Morgan fingerprint density at radius 2 is 2.20 bits per heavy atom. The summed E-state index contributed by atoms with van der Waals surface area (Å²) in [5.41, 5.74) is 0. The molecule has 0 bridgehead atoms. The lowest BCUT2D eigenvalue weighted by Crippen LogP contribution is -2.46. The molecule has 3 heteroatoms. The Kier molecular flexibility index (Phi) is 5.69. The molecule has 1 aliphatic rings. The fourth-order valence-electron chi connectivity index (χ4n) is 2.17. The maximum absolute atomic E-state index is 11.8. The maximum Gasteiger partial charge on any atom is 0.237 e. The van der Waals surface area contributed by atoms with Gasteiger partial charge in [-0.2, -0.15) is 0 Å². The number of hydrogen-bond donors (Lipinski definition) is 1. The summed E-state index contributed by atoms with van der Waals surface area (Å²) in [5.74, 6) is 0.241. The topological polar surface area (TPSA) is 32.3 Å². The lowest BCUT2D eigenvalue weighted by molar-refractivity contribution is -0.126. The van der Waals surface area contributed by atoms with Crippen molar-refractivity contribution in [3.8, 4) is 0 Å². The van der Waals surface area contributed by atoms with Gasteiger partial charge in [-0.25, -0.2) is 0 Å². The highest BCUT2D eigenvalue weighted by Gasteiger charge is 2.25. The van der Waals surface area contributed by atoms with Gasteiger partial charge in [0, 0.05) is 6.54 Å². The third kappa shape index (κ3) is 3.82. The zero-order chi connectivity index (χ0) is 11.1. The third-order valence-electron chi connectivity index (χ3n) is 3.15. The van der Waals surface area contributed by atoms with Gasteiger partial charge in [-0.3, -0.25) is 9.69 Å². The SMILES string of the molecule is CCCCN(CC)C1CCCCNC1=O. The van der Waals surface area contributed by atoms with Crippen molar-refractivity contribution >= 4 is 5.91 Å². The van der Waals surface area contributed by atoms with E-state index in [0.717, 1.165) is 32.5 Å². The molecule has 0 saturated carbocycles.